The summed E-state index contributed by atoms with van der Waals surface area (Å²) in [6, 6.07) is 4.98. The van der Waals surface area contributed by atoms with Gasteiger partial charge >= 0.3 is 0 Å². The molecule has 15 heavy (non-hydrogen) atoms. The first kappa shape index (κ1) is 10.4. The first-order valence-electron chi connectivity index (χ1n) is 4.82. The van der Waals surface area contributed by atoms with Crippen LogP contribution in [0.5, 0.6) is 0 Å². The number of halogens is 2. The highest BCUT2D eigenvalue weighted by molar-refractivity contribution is 6.27. The summed E-state index contributed by atoms with van der Waals surface area (Å²) in [6.45, 7) is 1.03. The first-order valence-corrected chi connectivity index (χ1v) is 5.36. The minimum Gasteiger partial charge on any atom is -0.337 e. The molecule has 1 aromatic carbocycles. The van der Waals surface area contributed by atoms with Crippen molar-refractivity contribution in [1.29, 1.82) is 0 Å². The highest BCUT2D eigenvalue weighted by atomic mass is 35.5. The Morgan fingerprint density at radius 3 is 3.07 bits per heavy atom. The van der Waals surface area contributed by atoms with Crippen molar-refractivity contribution < 1.29 is 9.18 Å². The van der Waals surface area contributed by atoms with E-state index in [-0.39, 0.29) is 17.6 Å². The minimum atomic E-state index is -0.175. The molecule has 2 nitrogen and oxygen atoms in total. The Morgan fingerprint density at radius 1 is 1.53 bits per heavy atom. The summed E-state index contributed by atoms with van der Waals surface area (Å²) in [5.74, 6) is -0.276. The molecule has 0 fully saturated rings. The molecule has 0 aliphatic carbocycles. The molecule has 2 rings (SSSR count). The molecule has 0 spiro atoms. The minimum absolute atomic E-state index is 0.00928. The van der Waals surface area contributed by atoms with Gasteiger partial charge in [0.15, 0.2) is 0 Å². The lowest BCUT2D eigenvalue weighted by atomic mass is 9.99. The third-order valence-electron chi connectivity index (χ3n) is 2.68. The van der Waals surface area contributed by atoms with Crippen LogP contribution in [-0.4, -0.2) is 23.2 Å². The third-order valence-corrected chi connectivity index (χ3v) is 2.90. The highest BCUT2D eigenvalue weighted by Crippen LogP contribution is 2.21. The summed E-state index contributed by atoms with van der Waals surface area (Å²) in [6.07, 6.45) is 0.574. The van der Waals surface area contributed by atoms with E-state index in [0.717, 1.165) is 11.1 Å². The number of carbonyl (C=O) groups excluding carboxylic acids is 1. The Balaban J connectivity index is 2.24. The van der Waals surface area contributed by atoms with Crippen molar-refractivity contribution in [3.63, 3.8) is 0 Å². The van der Waals surface area contributed by atoms with E-state index in [9.17, 15) is 9.18 Å². The average Bonchev–Trinajstić information content (AvgIpc) is 2.28. The van der Waals surface area contributed by atoms with Gasteiger partial charge in [-0.3, -0.25) is 4.79 Å². The van der Waals surface area contributed by atoms with E-state index in [1.807, 2.05) is 6.07 Å². The van der Waals surface area contributed by atoms with Gasteiger partial charge in [0.25, 0.3) is 0 Å². The Hall–Kier alpha value is -1.09. The second kappa shape index (κ2) is 4.19. The SMILES string of the molecule is O=C(CCl)N1CCc2c(F)cccc2C1. The van der Waals surface area contributed by atoms with Crippen LogP contribution in [0.2, 0.25) is 0 Å². The summed E-state index contributed by atoms with van der Waals surface area (Å²) < 4.78 is 13.4. The number of alkyl halides is 1. The molecule has 1 aliphatic heterocycles. The van der Waals surface area contributed by atoms with E-state index in [2.05, 4.69) is 0 Å². The summed E-state index contributed by atoms with van der Waals surface area (Å²) >= 11 is 5.48. The molecule has 0 saturated heterocycles. The summed E-state index contributed by atoms with van der Waals surface area (Å²) in [5.41, 5.74) is 1.62. The van der Waals surface area contributed by atoms with Crippen LogP contribution in [0.3, 0.4) is 0 Å². The first-order chi connectivity index (χ1) is 7.22. The van der Waals surface area contributed by atoms with Crippen molar-refractivity contribution in [2.24, 2.45) is 0 Å². The van der Waals surface area contributed by atoms with E-state index >= 15 is 0 Å². The van der Waals surface area contributed by atoms with Crippen molar-refractivity contribution >= 4 is 17.5 Å². The fraction of sp³-hybridized carbons (Fsp3) is 0.364. The molecule has 4 heteroatoms. The van der Waals surface area contributed by atoms with Crippen molar-refractivity contribution in [3.8, 4) is 0 Å². The van der Waals surface area contributed by atoms with Gasteiger partial charge in [0.05, 0.1) is 0 Å². The number of amides is 1. The Labute approximate surface area is 92.6 Å². The van der Waals surface area contributed by atoms with Gasteiger partial charge in [-0.05, 0) is 23.6 Å². The number of fused-ring (bicyclic) bond motifs is 1. The molecule has 0 radical (unpaired) electrons. The maximum absolute atomic E-state index is 13.4. The molecule has 0 saturated carbocycles. The predicted octanol–water partition coefficient (Wildman–Crippen LogP) is 1.95. The van der Waals surface area contributed by atoms with Crippen LogP contribution >= 0.6 is 11.6 Å². The van der Waals surface area contributed by atoms with E-state index in [0.29, 0.717) is 19.5 Å². The fourth-order valence-electron chi connectivity index (χ4n) is 1.86. The Morgan fingerprint density at radius 2 is 2.33 bits per heavy atom. The van der Waals surface area contributed by atoms with E-state index < -0.39 is 0 Å². The van der Waals surface area contributed by atoms with Crippen LogP contribution in [0, 0.1) is 5.82 Å². The Bertz CT molecular complexity index is 394. The van der Waals surface area contributed by atoms with Crippen molar-refractivity contribution in [3.05, 3.63) is 35.1 Å². The van der Waals surface area contributed by atoms with E-state index in [1.165, 1.54) is 6.07 Å². The molecule has 0 atom stereocenters. The molecule has 1 aliphatic rings. The second-order valence-corrected chi connectivity index (χ2v) is 3.84. The number of hydrogen-bond acceptors (Lipinski definition) is 1. The van der Waals surface area contributed by atoms with Crippen LogP contribution in [0.1, 0.15) is 11.1 Å². The number of nitrogens with zero attached hydrogens (tertiary/aromatic N) is 1. The lowest BCUT2D eigenvalue weighted by Crippen LogP contribution is -2.37. The maximum Gasteiger partial charge on any atom is 0.237 e. The van der Waals surface area contributed by atoms with Gasteiger partial charge in [0, 0.05) is 13.1 Å². The second-order valence-electron chi connectivity index (χ2n) is 3.58. The van der Waals surface area contributed by atoms with Crippen LogP contribution in [0.25, 0.3) is 0 Å². The van der Waals surface area contributed by atoms with Crippen LogP contribution < -0.4 is 0 Å². The molecular weight excluding hydrogens is 217 g/mol. The average molecular weight is 228 g/mol. The lowest BCUT2D eigenvalue weighted by molar-refractivity contribution is -0.129. The molecule has 1 amide bonds. The molecule has 1 aromatic rings. The van der Waals surface area contributed by atoms with Crippen LogP contribution in [-0.2, 0) is 17.8 Å². The highest BCUT2D eigenvalue weighted by Gasteiger charge is 2.21. The smallest absolute Gasteiger partial charge is 0.237 e. The molecule has 0 aromatic heterocycles. The van der Waals surface area contributed by atoms with E-state index in [1.54, 1.807) is 11.0 Å². The van der Waals surface area contributed by atoms with Crippen molar-refractivity contribution in [2.75, 3.05) is 12.4 Å². The van der Waals surface area contributed by atoms with E-state index in [4.69, 9.17) is 11.6 Å². The molecule has 0 bridgehead atoms. The van der Waals surface area contributed by atoms with Gasteiger partial charge in [-0.2, -0.15) is 0 Å². The molecule has 0 unspecified atom stereocenters. The molecule has 1 heterocycles. The maximum atomic E-state index is 13.4. The van der Waals surface area contributed by atoms with Gasteiger partial charge in [0.1, 0.15) is 11.7 Å². The quantitative estimate of drug-likeness (QED) is 0.672. The lowest BCUT2D eigenvalue weighted by Gasteiger charge is -2.28. The molecule has 80 valence electrons. The summed E-state index contributed by atoms with van der Waals surface area (Å²) in [7, 11) is 0. The number of carbonyl (C=O) groups is 1. The standard InChI is InChI=1S/C11H11ClFNO/c12-6-11(15)14-5-4-9-8(7-14)2-1-3-10(9)13/h1-3H,4-7H2. The predicted molar refractivity (Wildman–Crippen MR) is 56.2 cm³/mol. The van der Waals surface area contributed by atoms with Gasteiger partial charge in [-0.25, -0.2) is 4.39 Å². The number of rotatable bonds is 1. The third kappa shape index (κ3) is 1.97. The van der Waals surface area contributed by atoms with Crippen LogP contribution in [0.15, 0.2) is 18.2 Å². The monoisotopic (exact) mass is 227 g/mol. The number of hydrogen-bond donors (Lipinski definition) is 0. The van der Waals surface area contributed by atoms with Gasteiger partial charge in [0.2, 0.25) is 5.91 Å². The number of benzene rings is 1. The fourth-order valence-corrected chi connectivity index (χ4v) is 2.03. The zero-order chi connectivity index (χ0) is 10.8. The van der Waals surface area contributed by atoms with Crippen LogP contribution in [0.4, 0.5) is 4.39 Å². The van der Waals surface area contributed by atoms with Crippen molar-refractivity contribution in [2.45, 2.75) is 13.0 Å². The normalized spacial score (nSPS) is 14.9. The van der Waals surface area contributed by atoms with Gasteiger partial charge < -0.3 is 4.90 Å². The Kier molecular flexibility index (Phi) is 2.91. The van der Waals surface area contributed by atoms with Gasteiger partial charge in [-0.15, -0.1) is 11.6 Å². The topological polar surface area (TPSA) is 20.3 Å². The van der Waals surface area contributed by atoms with Gasteiger partial charge in [-0.1, -0.05) is 12.1 Å². The summed E-state index contributed by atoms with van der Waals surface area (Å²) in [4.78, 5) is 13.0. The van der Waals surface area contributed by atoms with Crippen molar-refractivity contribution in [1.82, 2.24) is 4.90 Å². The summed E-state index contributed by atoms with van der Waals surface area (Å²) in [5, 5.41) is 0. The largest absolute Gasteiger partial charge is 0.337 e. The molecule has 0 N–H and O–H groups in total. The zero-order valence-electron chi connectivity index (χ0n) is 8.17. The zero-order valence-corrected chi connectivity index (χ0v) is 8.93. The molecular formula is C11H11ClFNO.